The van der Waals surface area contributed by atoms with Crippen LogP contribution in [0.2, 0.25) is 0 Å². The summed E-state index contributed by atoms with van der Waals surface area (Å²) in [5, 5.41) is 3.03. The Labute approximate surface area is 159 Å². The van der Waals surface area contributed by atoms with Gasteiger partial charge in [-0.05, 0) is 57.9 Å². The molecule has 7 heteroatoms. The predicted molar refractivity (Wildman–Crippen MR) is 99.6 cm³/mol. The second-order valence-corrected chi connectivity index (χ2v) is 6.76. The highest BCUT2D eigenvalue weighted by Crippen LogP contribution is 2.41. The Kier molecular flexibility index (Phi) is 6.82. The Bertz CT molecular complexity index is 684. The van der Waals surface area contributed by atoms with Crippen molar-refractivity contribution in [1.29, 1.82) is 0 Å². The molecule has 1 N–H and O–H groups in total. The van der Waals surface area contributed by atoms with Crippen LogP contribution in [-0.4, -0.2) is 43.6 Å². The van der Waals surface area contributed by atoms with Gasteiger partial charge in [0.1, 0.15) is 11.8 Å². The van der Waals surface area contributed by atoms with Crippen LogP contribution in [0.5, 0.6) is 5.75 Å². The van der Waals surface area contributed by atoms with Crippen LogP contribution in [0.4, 0.5) is 5.69 Å². The Morgan fingerprint density at radius 3 is 2.37 bits per heavy atom. The molecule has 1 aliphatic rings. The average Bonchev–Trinajstić information content (AvgIpc) is 3.02. The summed E-state index contributed by atoms with van der Waals surface area (Å²) in [6, 6.07) is 5.71. The van der Waals surface area contributed by atoms with Crippen molar-refractivity contribution in [3.05, 3.63) is 24.3 Å². The number of methoxy groups -OCH3 is 1. The van der Waals surface area contributed by atoms with Crippen LogP contribution in [0.15, 0.2) is 24.3 Å². The minimum Gasteiger partial charge on any atom is -0.497 e. The van der Waals surface area contributed by atoms with Gasteiger partial charge in [0, 0.05) is 12.1 Å². The number of esters is 2. The van der Waals surface area contributed by atoms with E-state index in [4.69, 9.17) is 14.2 Å². The molecular weight excluding hydrogens is 350 g/mol. The number of ether oxygens (including phenoxy) is 3. The third-order valence-corrected chi connectivity index (χ3v) is 4.60. The third-order valence-electron chi connectivity index (χ3n) is 4.60. The number of ketones is 1. The molecule has 0 amide bonds. The number of carbonyl (C=O) groups is 3. The topological polar surface area (TPSA) is 90.9 Å². The molecule has 0 spiro atoms. The molecule has 0 bridgehead atoms. The van der Waals surface area contributed by atoms with Crippen molar-refractivity contribution < 1.29 is 28.6 Å². The van der Waals surface area contributed by atoms with Crippen LogP contribution >= 0.6 is 0 Å². The standard InChI is InChI=1S/C20H27NO6/c1-5-26-18(23)17(21-14-8-10-15(25-4)11-9-14)20(12-6-7-16(20)22)19(24)27-13(2)3/h8-11,13,17,21H,5-7,12H2,1-4H3/t17-,20-/m0/s1. The van der Waals surface area contributed by atoms with E-state index in [1.165, 1.54) is 0 Å². The molecule has 1 aromatic carbocycles. The van der Waals surface area contributed by atoms with Crippen molar-refractivity contribution in [2.45, 2.75) is 52.2 Å². The van der Waals surface area contributed by atoms with E-state index in [1.807, 2.05) is 0 Å². The summed E-state index contributed by atoms with van der Waals surface area (Å²) in [6.45, 7) is 5.24. The number of anilines is 1. The van der Waals surface area contributed by atoms with Gasteiger partial charge >= 0.3 is 11.9 Å². The van der Waals surface area contributed by atoms with E-state index in [0.29, 0.717) is 17.9 Å². The summed E-state index contributed by atoms with van der Waals surface area (Å²) in [7, 11) is 1.55. The van der Waals surface area contributed by atoms with E-state index in [0.717, 1.165) is 0 Å². The molecule has 1 fully saturated rings. The molecule has 2 atom stereocenters. The fraction of sp³-hybridized carbons (Fsp3) is 0.550. The van der Waals surface area contributed by atoms with Crippen molar-refractivity contribution >= 4 is 23.4 Å². The first-order valence-electron chi connectivity index (χ1n) is 9.16. The first kappa shape index (κ1) is 20.7. The lowest BCUT2D eigenvalue weighted by Gasteiger charge is -2.34. The number of hydrogen-bond donors (Lipinski definition) is 1. The summed E-state index contributed by atoms with van der Waals surface area (Å²) < 4.78 is 15.7. The van der Waals surface area contributed by atoms with Crippen LogP contribution in [0.25, 0.3) is 0 Å². The van der Waals surface area contributed by atoms with Crippen molar-refractivity contribution in [2.75, 3.05) is 19.0 Å². The Morgan fingerprint density at radius 2 is 1.89 bits per heavy atom. The molecule has 0 saturated heterocycles. The minimum absolute atomic E-state index is 0.142. The molecule has 0 aromatic heterocycles. The van der Waals surface area contributed by atoms with E-state index < -0.39 is 29.5 Å². The first-order valence-corrected chi connectivity index (χ1v) is 9.16. The zero-order chi connectivity index (χ0) is 20.0. The SMILES string of the molecule is CCOC(=O)[C@H](Nc1ccc(OC)cc1)[C@]1(C(=O)OC(C)C)CCCC1=O. The summed E-state index contributed by atoms with van der Waals surface area (Å²) >= 11 is 0. The van der Waals surface area contributed by atoms with E-state index in [2.05, 4.69) is 5.32 Å². The van der Waals surface area contributed by atoms with Gasteiger partial charge in [0.2, 0.25) is 0 Å². The van der Waals surface area contributed by atoms with Crippen LogP contribution in [0.1, 0.15) is 40.0 Å². The van der Waals surface area contributed by atoms with E-state index in [-0.39, 0.29) is 25.2 Å². The number of Topliss-reactive ketones (excluding diaryl/α,β-unsaturated/α-hetero) is 1. The highest BCUT2D eigenvalue weighted by Gasteiger charge is 2.59. The van der Waals surface area contributed by atoms with Crippen LogP contribution in [0, 0.1) is 5.41 Å². The molecule has 0 radical (unpaired) electrons. The second kappa shape index (κ2) is 8.88. The van der Waals surface area contributed by atoms with Crippen molar-refractivity contribution in [2.24, 2.45) is 5.41 Å². The molecule has 27 heavy (non-hydrogen) atoms. The minimum atomic E-state index is -1.59. The lowest BCUT2D eigenvalue weighted by Crippen LogP contribution is -2.55. The van der Waals surface area contributed by atoms with Gasteiger partial charge < -0.3 is 19.5 Å². The Balaban J connectivity index is 2.42. The lowest BCUT2D eigenvalue weighted by atomic mass is 9.77. The monoisotopic (exact) mass is 377 g/mol. The molecule has 1 aromatic rings. The maximum atomic E-state index is 12.9. The average molecular weight is 377 g/mol. The molecule has 0 aliphatic heterocycles. The molecule has 0 heterocycles. The van der Waals surface area contributed by atoms with Crippen LogP contribution in [0.3, 0.4) is 0 Å². The molecule has 0 unspecified atom stereocenters. The van der Waals surface area contributed by atoms with Gasteiger partial charge in [0.25, 0.3) is 0 Å². The summed E-state index contributed by atoms with van der Waals surface area (Å²) in [5.41, 5.74) is -1.01. The van der Waals surface area contributed by atoms with Crippen molar-refractivity contribution in [3.8, 4) is 5.75 Å². The largest absolute Gasteiger partial charge is 0.497 e. The van der Waals surface area contributed by atoms with Crippen molar-refractivity contribution in [1.82, 2.24) is 0 Å². The van der Waals surface area contributed by atoms with Gasteiger partial charge in [0.05, 0.1) is 19.8 Å². The Morgan fingerprint density at radius 1 is 1.22 bits per heavy atom. The lowest BCUT2D eigenvalue weighted by molar-refractivity contribution is -0.169. The smallest absolute Gasteiger partial charge is 0.330 e. The van der Waals surface area contributed by atoms with Gasteiger partial charge in [-0.2, -0.15) is 0 Å². The maximum absolute atomic E-state index is 12.9. The zero-order valence-electron chi connectivity index (χ0n) is 16.2. The maximum Gasteiger partial charge on any atom is 0.330 e. The third kappa shape index (κ3) is 4.40. The van der Waals surface area contributed by atoms with Gasteiger partial charge in [0.15, 0.2) is 11.2 Å². The molecule has 2 rings (SSSR count). The Hall–Kier alpha value is -2.57. The molecule has 1 saturated carbocycles. The molecule has 7 nitrogen and oxygen atoms in total. The molecule has 1 aliphatic carbocycles. The number of hydrogen-bond acceptors (Lipinski definition) is 7. The normalized spacial score (nSPS) is 20.3. The summed E-state index contributed by atoms with van der Waals surface area (Å²) in [4.78, 5) is 38.4. The first-order chi connectivity index (χ1) is 12.8. The highest BCUT2D eigenvalue weighted by atomic mass is 16.5. The zero-order valence-corrected chi connectivity index (χ0v) is 16.2. The van der Waals surface area contributed by atoms with Crippen LogP contribution < -0.4 is 10.1 Å². The van der Waals surface area contributed by atoms with Crippen molar-refractivity contribution in [3.63, 3.8) is 0 Å². The predicted octanol–water partition coefficient (Wildman–Crippen LogP) is 2.73. The quantitative estimate of drug-likeness (QED) is 0.550. The summed E-state index contributed by atoms with van der Waals surface area (Å²) in [5.74, 6) is -0.977. The highest BCUT2D eigenvalue weighted by molar-refractivity contribution is 6.10. The fourth-order valence-electron chi connectivity index (χ4n) is 3.31. The molecule has 148 valence electrons. The van der Waals surface area contributed by atoms with Gasteiger partial charge in [-0.1, -0.05) is 0 Å². The summed E-state index contributed by atoms with van der Waals surface area (Å²) in [6.07, 6.45) is 0.593. The van der Waals surface area contributed by atoms with Crippen LogP contribution in [-0.2, 0) is 23.9 Å². The van der Waals surface area contributed by atoms with E-state index in [9.17, 15) is 14.4 Å². The van der Waals surface area contributed by atoms with E-state index >= 15 is 0 Å². The van der Waals surface area contributed by atoms with Gasteiger partial charge in [-0.3, -0.25) is 9.59 Å². The molecular formula is C20H27NO6. The fourth-order valence-corrected chi connectivity index (χ4v) is 3.31. The number of nitrogens with one attached hydrogen (secondary N) is 1. The number of benzene rings is 1. The second-order valence-electron chi connectivity index (χ2n) is 6.76. The van der Waals surface area contributed by atoms with Gasteiger partial charge in [-0.25, -0.2) is 4.79 Å². The number of carbonyl (C=O) groups excluding carboxylic acids is 3. The van der Waals surface area contributed by atoms with E-state index in [1.54, 1.807) is 52.1 Å². The number of rotatable bonds is 8. The van der Waals surface area contributed by atoms with Gasteiger partial charge in [-0.15, -0.1) is 0 Å².